The van der Waals surface area contributed by atoms with Gasteiger partial charge >= 0.3 is 0 Å². The van der Waals surface area contributed by atoms with Crippen LogP contribution in [0.3, 0.4) is 0 Å². The van der Waals surface area contributed by atoms with Crippen molar-refractivity contribution in [2.75, 3.05) is 31.6 Å². The Morgan fingerprint density at radius 2 is 1.61 bits per heavy atom. The summed E-state index contributed by atoms with van der Waals surface area (Å²) >= 11 is 0. The van der Waals surface area contributed by atoms with E-state index in [2.05, 4.69) is 10.6 Å². The van der Waals surface area contributed by atoms with Crippen molar-refractivity contribution >= 4 is 40.1 Å². The summed E-state index contributed by atoms with van der Waals surface area (Å²) in [5, 5.41) is 7.15. The summed E-state index contributed by atoms with van der Waals surface area (Å²) in [4.78, 5) is 52.0. The third-order valence-electron chi connectivity index (χ3n) is 6.01. The Balaban J connectivity index is 1.29. The van der Waals surface area contributed by atoms with Crippen LogP contribution in [0.4, 0.5) is 5.69 Å². The summed E-state index contributed by atoms with van der Waals surface area (Å²) in [5.41, 5.74) is 1.95. The summed E-state index contributed by atoms with van der Waals surface area (Å²) in [7, 11) is 0. The molecule has 0 radical (unpaired) electrons. The third kappa shape index (κ3) is 5.60. The van der Waals surface area contributed by atoms with Gasteiger partial charge in [0.25, 0.3) is 17.7 Å². The predicted octanol–water partition coefficient (Wildman–Crippen LogP) is 4.01. The van der Waals surface area contributed by atoms with Crippen LogP contribution >= 0.6 is 0 Å². The molecule has 0 atom stereocenters. The van der Waals surface area contributed by atoms with E-state index in [0.717, 1.165) is 11.8 Å². The molecule has 0 saturated heterocycles. The number of nitrogens with zero attached hydrogens (tertiary/aromatic N) is 1. The Kier molecular flexibility index (Phi) is 8.07. The number of benzene rings is 3. The Morgan fingerprint density at radius 3 is 2.31 bits per heavy atom. The first-order valence-corrected chi connectivity index (χ1v) is 12.1. The van der Waals surface area contributed by atoms with Gasteiger partial charge in [-0.2, -0.15) is 0 Å². The molecule has 4 rings (SSSR count). The van der Waals surface area contributed by atoms with Gasteiger partial charge in [-0.3, -0.25) is 24.1 Å². The number of carbonyl (C=O) groups excluding carboxylic acids is 4. The Morgan fingerprint density at radius 1 is 0.917 bits per heavy atom. The highest BCUT2D eigenvalue weighted by atomic mass is 16.5. The van der Waals surface area contributed by atoms with Crippen molar-refractivity contribution < 1.29 is 23.9 Å². The van der Waals surface area contributed by atoms with Gasteiger partial charge < -0.3 is 15.4 Å². The van der Waals surface area contributed by atoms with Gasteiger partial charge in [-0.15, -0.1) is 0 Å². The van der Waals surface area contributed by atoms with Crippen LogP contribution in [0.15, 0.2) is 60.7 Å². The lowest BCUT2D eigenvalue weighted by Crippen LogP contribution is -2.41. The number of carbonyl (C=O) groups is 4. The van der Waals surface area contributed by atoms with Crippen LogP contribution in [0.5, 0.6) is 0 Å². The number of rotatable bonds is 11. The lowest BCUT2D eigenvalue weighted by Gasteiger charge is -2.27. The number of ether oxygens (including phenoxy) is 1. The second-order valence-electron chi connectivity index (χ2n) is 8.51. The molecule has 0 bridgehead atoms. The van der Waals surface area contributed by atoms with Crippen LogP contribution in [-0.2, 0) is 9.53 Å². The Labute approximate surface area is 209 Å². The Hall–Kier alpha value is -4.04. The normalized spacial score (nSPS) is 12.6. The fourth-order valence-corrected chi connectivity index (χ4v) is 4.27. The largest absolute Gasteiger partial charge is 0.382 e. The minimum absolute atomic E-state index is 0.122. The van der Waals surface area contributed by atoms with E-state index in [0.29, 0.717) is 53.9 Å². The molecule has 1 aliphatic rings. The molecule has 0 aromatic heterocycles. The summed E-state index contributed by atoms with van der Waals surface area (Å²) in [6, 6.07) is 17.5. The van der Waals surface area contributed by atoms with Gasteiger partial charge in [0, 0.05) is 60.5 Å². The van der Waals surface area contributed by atoms with Crippen molar-refractivity contribution in [1.29, 1.82) is 0 Å². The minimum Gasteiger partial charge on any atom is -0.382 e. The number of anilines is 1. The molecule has 2 N–H and O–H groups in total. The molecule has 36 heavy (non-hydrogen) atoms. The topological polar surface area (TPSA) is 105 Å². The lowest BCUT2D eigenvalue weighted by molar-refractivity contribution is -0.116. The average molecular weight is 488 g/mol. The molecule has 0 unspecified atom stereocenters. The van der Waals surface area contributed by atoms with Gasteiger partial charge in [0.1, 0.15) is 0 Å². The third-order valence-corrected chi connectivity index (χ3v) is 6.01. The van der Waals surface area contributed by atoms with Crippen molar-refractivity contribution in [3.63, 3.8) is 0 Å². The van der Waals surface area contributed by atoms with Crippen LogP contribution in [0.1, 0.15) is 57.3 Å². The number of hydrogen-bond acceptors (Lipinski definition) is 5. The fraction of sp³-hybridized carbons (Fsp3) is 0.286. The highest BCUT2D eigenvalue weighted by Gasteiger charge is 2.32. The summed E-state index contributed by atoms with van der Waals surface area (Å²) in [6.45, 7) is 3.79. The van der Waals surface area contributed by atoms with Gasteiger partial charge in [0.15, 0.2) is 0 Å². The molecule has 3 aromatic carbocycles. The molecule has 0 spiro atoms. The van der Waals surface area contributed by atoms with E-state index < -0.39 is 0 Å². The van der Waals surface area contributed by atoms with E-state index in [1.54, 1.807) is 48.5 Å². The van der Waals surface area contributed by atoms with Gasteiger partial charge in [0.2, 0.25) is 5.91 Å². The molecular formula is C28H29N3O5. The lowest BCUT2D eigenvalue weighted by atomic mass is 9.94. The van der Waals surface area contributed by atoms with Gasteiger partial charge in [-0.25, -0.2) is 0 Å². The van der Waals surface area contributed by atoms with E-state index in [4.69, 9.17) is 4.74 Å². The van der Waals surface area contributed by atoms with Crippen LogP contribution in [0.2, 0.25) is 0 Å². The maximum Gasteiger partial charge on any atom is 0.261 e. The quantitative estimate of drug-likeness (QED) is 0.314. The highest BCUT2D eigenvalue weighted by Crippen LogP contribution is 2.30. The minimum atomic E-state index is -0.343. The number of amides is 4. The van der Waals surface area contributed by atoms with Crippen LogP contribution in [-0.4, -0.2) is 54.8 Å². The van der Waals surface area contributed by atoms with E-state index >= 15 is 0 Å². The van der Waals surface area contributed by atoms with Crippen LogP contribution < -0.4 is 10.6 Å². The molecule has 8 heteroatoms. The molecule has 186 valence electrons. The molecule has 0 saturated carbocycles. The van der Waals surface area contributed by atoms with Crippen molar-refractivity contribution in [2.45, 2.75) is 26.2 Å². The van der Waals surface area contributed by atoms with E-state index in [1.807, 2.05) is 19.1 Å². The first-order chi connectivity index (χ1) is 17.5. The second-order valence-corrected chi connectivity index (χ2v) is 8.51. The van der Waals surface area contributed by atoms with Gasteiger partial charge in [-0.1, -0.05) is 30.3 Å². The fourth-order valence-electron chi connectivity index (χ4n) is 4.27. The molecule has 0 fully saturated rings. The zero-order valence-corrected chi connectivity index (χ0v) is 20.2. The van der Waals surface area contributed by atoms with Crippen LogP contribution in [0, 0.1) is 0 Å². The maximum atomic E-state index is 13.0. The summed E-state index contributed by atoms with van der Waals surface area (Å²) < 4.78 is 5.26. The van der Waals surface area contributed by atoms with Crippen molar-refractivity contribution in [1.82, 2.24) is 10.2 Å². The monoisotopic (exact) mass is 487 g/mol. The number of imide groups is 1. The molecular weight excluding hydrogens is 458 g/mol. The molecule has 0 aliphatic carbocycles. The first-order valence-electron chi connectivity index (χ1n) is 12.1. The standard InChI is InChI=1S/C28H29N3O5/c1-2-36-17-7-15-29-26(33)20-10-3-11-21(18-20)30-24(32)14-6-16-31-27(34)22-12-4-8-19-9-5-13-23(25(19)22)28(31)35/h3-5,8-13,18H,2,6-7,14-17H2,1H3,(H,29,33)(H,30,32). The molecule has 8 nitrogen and oxygen atoms in total. The number of hydrogen-bond donors (Lipinski definition) is 2. The van der Waals surface area contributed by atoms with Crippen molar-refractivity contribution in [3.8, 4) is 0 Å². The Bertz CT molecular complexity index is 1250. The zero-order valence-electron chi connectivity index (χ0n) is 20.2. The first kappa shape index (κ1) is 25.1. The highest BCUT2D eigenvalue weighted by molar-refractivity contribution is 6.25. The summed E-state index contributed by atoms with van der Waals surface area (Å²) in [5.74, 6) is -1.17. The van der Waals surface area contributed by atoms with Crippen molar-refractivity contribution in [2.24, 2.45) is 0 Å². The summed E-state index contributed by atoms with van der Waals surface area (Å²) in [6.07, 6.45) is 1.16. The van der Waals surface area contributed by atoms with E-state index in [-0.39, 0.29) is 36.6 Å². The second kappa shape index (κ2) is 11.6. The smallest absolute Gasteiger partial charge is 0.261 e. The number of nitrogens with one attached hydrogen (secondary N) is 2. The molecule has 1 aliphatic heterocycles. The average Bonchev–Trinajstić information content (AvgIpc) is 2.89. The predicted molar refractivity (Wildman–Crippen MR) is 137 cm³/mol. The zero-order chi connectivity index (χ0) is 25.5. The van der Waals surface area contributed by atoms with Gasteiger partial charge in [-0.05, 0) is 55.5 Å². The van der Waals surface area contributed by atoms with Gasteiger partial charge in [0.05, 0.1) is 0 Å². The SMILES string of the molecule is CCOCCCNC(=O)c1cccc(NC(=O)CCCN2C(=O)c3cccc4cccc(c34)C2=O)c1. The van der Waals surface area contributed by atoms with Crippen molar-refractivity contribution in [3.05, 3.63) is 77.4 Å². The molecule has 4 amide bonds. The van der Waals surface area contributed by atoms with E-state index in [9.17, 15) is 19.2 Å². The molecule has 3 aromatic rings. The van der Waals surface area contributed by atoms with Crippen LogP contribution in [0.25, 0.3) is 10.8 Å². The van der Waals surface area contributed by atoms with E-state index in [1.165, 1.54) is 4.90 Å². The maximum absolute atomic E-state index is 13.0. The molecule has 1 heterocycles.